The summed E-state index contributed by atoms with van der Waals surface area (Å²) in [6, 6.07) is 4.90. The summed E-state index contributed by atoms with van der Waals surface area (Å²) >= 11 is 0. The van der Waals surface area contributed by atoms with E-state index in [4.69, 9.17) is 15.6 Å². The van der Waals surface area contributed by atoms with Crippen LogP contribution in [-0.2, 0) is 4.79 Å². The Labute approximate surface area is 101 Å². The Kier molecular flexibility index (Phi) is 4.52. The average Bonchev–Trinajstić information content (AvgIpc) is 2.24. The van der Waals surface area contributed by atoms with Crippen molar-refractivity contribution in [3.05, 3.63) is 29.3 Å². The molecule has 0 aliphatic heterocycles. The first-order chi connectivity index (χ1) is 7.90. The predicted octanol–water partition coefficient (Wildman–Crippen LogP) is 1.91. The number of carboxylic acids is 1. The summed E-state index contributed by atoms with van der Waals surface area (Å²) in [4.78, 5) is 10.6. The molecule has 3 N–H and O–H groups in total. The van der Waals surface area contributed by atoms with Crippen LogP contribution in [0, 0.1) is 6.92 Å². The van der Waals surface area contributed by atoms with Crippen LogP contribution in [0.15, 0.2) is 18.2 Å². The summed E-state index contributed by atoms with van der Waals surface area (Å²) < 4.78 is 5.39. The lowest BCUT2D eigenvalue weighted by molar-refractivity contribution is -0.139. The van der Waals surface area contributed by atoms with E-state index in [-0.39, 0.29) is 6.61 Å². The van der Waals surface area contributed by atoms with E-state index in [1.807, 2.05) is 19.1 Å². The number of hydrogen-bond donors (Lipinski definition) is 2. The SMILES string of the molecule is Cc1cc(OCC(N)C(=O)O)cc(C(C)C)c1. The van der Waals surface area contributed by atoms with Crippen LogP contribution >= 0.6 is 0 Å². The molecule has 0 aliphatic carbocycles. The zero-order chi connectivity index (χ0) is 13.0. The van der Waals surface area contributed by atoms with Gasteiger partial charge in [0, 0.05) is 0 Å². The van der Waals surface area contributed by atoms with Gasteiger partial charge in [-0.2, -0.15) is 0 Å². The zero-order valence-electron chi connectivity index (χ0n) is 10.4. The molecule has 0 saturated heterocycles. The summed E-state index contributed by atoms with van der Waals surface area (Å²) in [5, 5.41) is 8.65. The molecule has 0 heterocycles. The van der Waals surface area contributed by atoms with Crippen molar-refractivity contribution in [3.8, 4) is 5.75 Å². The molecule has 1 aromatic rings. The van der Waals surface area contributed by atoms with E-state index in [0.29, 0.717) is 11.7 Å². The highest BCUT2D eigenvalue weighted by Gasteiger charge is 2.12. The number of carbonyl (C=O) groups is 1. The highest BCUT2D eigenvalue weighted by atomic mass is 16.5. The quantitative estimate of drug-likeness (QED) is 0.820. The van der Waals surface area contributed by atoms with E-state index >= 15 is 0 Å². The predicted molar refractivity (Wildman–Crippen MR) is 66.4 cm³/mol. The Hall–Kier alpha value is -1.55. The van der Waals surface area contributed by atoms with Crippen LogP contribution in [0.3, 0.4) is 0 Å². The minimum absolute atomic E-state index is 0.0175. The summed E-state index contributed by atoms with van der Waals surface area (Å²) in [6.07, 6.45) is 0. The van der Waals surface area contributed by atoms with Crippen molar-refractivity contribution in [1.82, 2.24) is 0 Å². The molecule has 4 nitrogen and oxygen atoms in total. The molecular weight excluding hydrogens is 218 g/mol. The molecule has 1 aromatic carbocycles. The molecule has 1 unspecified atom stereocenters. The van der Waals surface area contributed by atoms with E-state index in [1.54, 1.807) is 0 Å². The van der Waals surface area contributed by atoms with Gasteiger partial charge in [0.15, 0.2) is 0 Å². The van der Waals surface area contributed by atoms with Gasteiger partial charge < -0.3 is 15.6 Å². The standard InChI is InChI=1S/C13H19NO3/c1-8(2)10-4-9(3)5-11(6-10)17-7-12(14)13(15)16/h4-6,8,12H,7,14H2,1-3H3,(H,15,16). The fourth-order valence-corrected chi connectivity index (χ4v) is 1.45. The number of aryl methyl sites for hydroxylation is 1. The first-order valence-corrected chi connectivity index (χ1v) is 5.63. The number of carboxylic acid groups (broad SMARTS) is 1. The van der Waals surface area contributed by atoms with Crippen molar-refractivity contribution in [2.24, 2.45) is 5.73 Å². The normalized spacial score (nSPS) is 12.5. The minimum atomic E-state index is -1.05. The van der Waals surface area contributed by atoms with Crippen LogP contribution < -0.4 is 10.5 Å². The number of hydrogen-bond acceptors (Lipinski definition) is 3. The maximum Gasteiger partial charge on any atom is 0.324 e. The van der Waals surface area contributed by atoms with Gasteiger partial charge >= 0.3 is 5.97 Å². The van der Waals surface area contributed by atoms with E-state index in [0.717, 1.165) is 5.56 Å². The third-order valence-corrected chi connectivity index (χ3v) is 2.49. The van der Waals surface area contributed by atoms with Crippen LogP contribution in [0.2, 0.25) is 0 Å². The number of rotatable bonds is 5. The first kappa shape index (κ1) is 13.5. The number of benzene rings is 1. The maximum absolute atomic E-state index is 10.6. The van der Waals surface area contributed by atoms with Crippen LogP contribution in [0.1, 0.15) is 30.9 Å². The summed E-state index contributed by atoms with van der Waals surface area (Å²) in [6.45, 7) is 6.16. The smallest absolute Gasteiger partial charge is 0.324 e. The van der Waals surface area contributed by atoms with Gasteiger partial charge in [0.25, 0.3) is 0 Å². The largest absolute Gasteiger partial charge is 0.491 e. The zero-order valence-corrected chi connectivity index (χ0v) is 10.4. The third-order valence-electron chi connectivity index (χ3n) is 2.49. The van der Waals surface area contributed by atoms with Crippen molar-refractivity contribution < 1.29 is 14.6 Å². The second-order valence-corrected chi connectivity index (χ2v) is 4.49. The molecule has 0 aliphatic rings. The van der Waals surface area contributed by atoms with Gasteiger partial charge in [0.1, 0.15) is 18.4 Å². The lowest BCUT2D eigenvalue weighted by atomic mass is 10.0. The Morgan fingerprint density at radius 1 is 1.41 bits per heavy atom. The molecule has 4 heteroatoms. The molecule has 0 bridgehead atoms. The van der Waals surface area contributed by atoms with Gasteiger partial charge in [0.05, 0.1) is 0 Å². The Balaban J connectivity index is 2.74. The molecule has 1 rings (SSSR count). The summed E-state index contributed by atoms with van der Waals surface area (Å²) in [7, 11) is 0. The van der Waals surface area contributed by atoms with E-state index in [1.165, 1.54) is 5.56 Å². The second-order valence-electron chi connectivity index (χ2n) is 4.49. The van der Waals surface area contributed by atoms with Gasteiger partial charge in [0.2, 0.25) is 0 Å². The molecule has 0 fully saturated rings. The monoisotopic (exact) mass is 237 g/mol. The van der Waals surface area contributed by atoms with Gasteiger partial charge in [-0.25, -0.2) is 0 Å². The van der Waals surface area contributed by atoms with Gasteiger partial charge in [-0.1, -0.05) is 19.9 Å². The molecule has 94 valence electrons. The number of nitrogens with two attached hydrogens (primary N) is 1. The topological polar surface area (TPSA) is 72.5 Å². The van der Waals surface area contributed by atoms with Gasteiger partial charge in [-0.3, -0.25) is 4.79 Å². The van der Waals surface area contributed by atoms with Crippen LogP contribution in [-0.4, -0.2) is 23.7 Å². The van der Waals surface area contributed by atoms with Crippen LogP contribution in [0.25, 0.3) is 0 Å². The first-order valence-electron chi connectivity index (χ1n) is 5.63. The van der Waals surface area contributed by atoms with Gasteiger partial charge in [-0.15, -0.1) is 0 Å². The highest BCUT2D eigenvalue weighted by Crippen LogP contribution is 2.22. The molecular formula is C13H19NO3. The second kappa shape index (κ2) is 5.68. The van der Waals surface area contributed by atoms with Crippen LogP contribution in [0.4, 0.5) is 0 Å². The fraction of sp³-hybridized carbons (Fsp3) is 0.462. The van der Waals surface area contributed by atoms with E-state index in [9.17, 15) is 4.79 Å². The Bertz CT molecular complexity index is 402. The van der Waals surface area contributed by atoms with Crippen molar-refractivity contribution in [2.45, 2.75) is 32.7 Å². The molecule has 0 saturated carbocycles. The summed E-state index contributed by atoms with van der Waals surface area (Å²) in [5.74, 6) is 0.0255. The lowest BCUT2D eigenvalue weighted by Crippen LogP contribution is -2.36. The lowest BCUT2D eigenvalue weighted by Gasteiger charge is -2.13. The van der Waals surface area contributed by atoms with Crippen molar-refractivity contribution >= 4 is 5.97 Å². The van der Waals surface area contributed by atoms with Crippen molar-refractivity contribution in [3.63, 3.8) is 0 Å². The fourth-order valence-electron chi connectivity index (χ4n) is 1.45. The Morgan fingerprint density at radius 2 is 2.06 bits per heavy atom. The molecule has 0 radical (unpaired) electrons. The molecule has 17 heavy (non-hydrogen) atoms. The van der Waals surface area contributed by atoms with Crippen LogP contribution in [0.5, 0.6) is 5.75 Å². The van der Waals surface area contributed by atoms with Crippen molar-refractivity contribution in [2.75, 3.05) is 6.61 Å². The van der Waals surface area contributed by atoms with Crippen molar-refractivity contribution in [1.29, 1.82) is 0 Å². The minimum Gasteiger partial charge on any atom is -0.491 e. The highest BCUT2D eigenvalue weighted by molar-refractivity contribution is 5.73. The van der Waals surface area contributed by atoms with Gasteiger partial charge in [-0.05, 0) is 36.1 Å². The number of ether oxygens (including phenoxy) is 1. The molecule has 0 aromatic heterocycles. The Morgan fingerprint density at radius 3 is 2.59 bits per heavy atom. The molecule has 0 spiro atoms. The third kappa shape index (κ3) is 4.07. The molecule has 1 atom stereocenters. The average molecular weight is 237 g/mol. The molecule has 0 amide bonds. The maximum atomic E-state index is 10.6. The van der Waals surface area contributed by atoms with E-state index < -0.39 is 12.0 Å². The number of aliphatic carboxylic acids is 1. The summed E-state index contributed by atoms with van der Waals surface area (Å²) in [5.41, 5.74) is 7.64. The van der Waals surface area contributed by atoms with E-state index in [2.05, 4.69) is 19.9 Å².